The van der Waals surface area contributed by atoms with Crippen LogP contribution in [0.5, 0.6) is 0 Å². The highest BCUT2D eigenvalue weighted by molar-refractivity contribution is 6.30. The molecule has 0 spiro atoms. The number of hydrogen-bond donors (Lipinski definition) is 0. The molecule has 1 fully saturated rings. The van der Waals surface area contributed by atoms with Gasteiger partial charge in [0.25, 0.3) is 0 Å². The molecule has 4 nitrogen and oxygen atoms in total. The summed E-state index contributed by atoms with van der Waals surface area (Å²) < 4.78 is 5.15. The average Bonchev–Trinajstić information content (AvgIpc) is 2.72. The van der Waals surface area contributed by atoms with Crippen molar-refractivity contribution in [1.29, 1.82) is 0 Å². The molecule has 0 radical (unpaired) electrons. The topological polar surface area (TPSA) is 32.8 Å². The fraction of sp³-hybridized carbons (Fsp3) is 0.409. The lowest BCUT2D eigenvalue weighted by Crippen LogP contribution is -2.49. The molecule has 0 bridgehead atoms. The SMILES string of the molecule is COCCN1CCN(C(=O)CC(c2ccccc2)c2ccc(Cl)cc2)CC1. The average molecular weight is 387 g/mol. The van der Waals surface area contributed by atoms with Crippen LogP contribution in [0.1, 0.15) is 23.5 Å². The lowest BCUT2D eigenvalue weighted by atomic mass is 9.88. The third kappa shape index (κ3) is 5.55. The van der Waals surface area contributed by atoms with Gasteiger partial charge in [0.1, 0.15) is 0 Å². The van der Waals surface area contributed by atoms with Crippen molar-refractivity contribution in [3.63, 3.8) is 0 Å². The van der Waals surface area contributed by atoms with Gasteiger partial charge in [0.15, 0.2) is 0 Å². The Labute approximate surface area is 166 Å². The Morgan fingerprint density at radius 2 is 1.63 bits per heavy atom. The number of piperazine rings is 1. The van der Waals surface area contributed by atoms with Gasteiger partial charge in [-0.2, -0.15) is 0 Å². The van der Waals surface area contributed by atoms with Crippen LogP contribution in [0.2, 0.25) is 5.02 Å². The first kappa shape index (κ1) is 19.9. The minimum Gasteiger partial charge on any atom is -0.383 e. The molecule has 0 aliphatic carbocycles. The van der Waals surface area contributed by atoms with Crippen LogP contribution in [0.3, 0.4) is 0 Å². The van der Waals surface area contributed by atoms with Gasteiger partial charge in [-0.25, -0.2) is 0 Å². The van der Waals surface area contributed by atoms with Gasteiger partial charge in [0.2, 0.25) is 5.91 Å². The number of nitrogens with zero attached hydrogens (tertiary/aromatic N) is 2. The second-order valence-electron chi connectivity index (χ2n) is 6.93. The summed E-state index contributed by atoms with van der Waals surface area (Å²) in [5, 5.41) is 0.712. The number of carbonyl (C=O) groups is 1. The highest BCUT2D eigenvalue weighted by Gasteiger charge is 2.25. The molecule has 0 aromatic heterocycles. The zero-order valence-corrected chi connectivity index (χ0v) is 16.6. The molecule has 1 atom stereocenters. The smallest absolute Gasteiger partial charge is 0.223 e. The third-order valence-electron chi connectivity index (χ3n) is 5.19. The maximum Gasteiger partial charge on any atom is 0.223 e. The fourth-order valence-corrected chi connectivity index (χ4v) is 3.68. The number of amides is 1. The molecule has 2 aromatic rings. The minimum atomic E-state index is 0.0440. The number of benzene rings is 2. The second kappa shape index (κ2) is 9.88. The number of ether oxygens (including phenoxy) is 1. The lowest BCUT2D eigenvalue weighted by Gasteiger charge is -2.35. The molecule has 3 rings (SSSR count). The van der Waals surface area contributed by atoms with E-state index in [-0.39, 0.29) is 11.8 Å². The van der Waals surface area contributed by atoms with E-state index in [1.165, 1.54) is 0 Å². The van der Waals surface area contributed by atoms with Crippen LogP contribution in [-0.4, -0.2) is 62.1 Å². The van der Waals surface area contributed by atoms with Crippen LogP contribution in [0.4, 0.5) is 0 Å². The van der Waals surface area contributed by atoms with Gasteiger partial charge in [-0.3, -0.25) is 9.69 Å². The van der Waals surface area contributed by atoms with Crippen molar-refractivity contribution in [3.05, 3.63) is 70.7 Å². The van der Waals surface area contributed by atoms with Crippen molar-refractivity contribution in [2.45, 2.75) is 12.3 Å². The molecule has 2 aromatic carbocycles. The van der Waals surface area contributed by atoms with Gasteiger partial charge in [-0.1, -0.05) is 54.1 Å². The monoisotopic (exact) mass is 386 g/mol. The molecule has 1 amide bonds. The predicted octanol–water partition coefficient (Wildman–Crippen LogP) is 3.65. The molecular weight excluding hydrogens is 360 g/mol. The zero-order valence-electron chi connectivity index (χ0n) is 15.8. The summed E-state index contributed by atoms with van der Waals surface area (Å²) >= 11 is 6.05. The molecule has 144 valence electrons. The summed E-state index contributed by atoms with van der Waals surface area (Å²) in [7, 11) is 1.72. The molecule has 27 heavy (non-hydrogen) atoms. The van der Waals surface area contributed by atoms with Gasteiger partial charge >= 0.3 is 0 Å². The molecule has 1 unspecified atom stereocenters. The number of rotatable bonds is 7. The lowest BCUT2D eigenvalue weighted by molar-refractivity contribution is -0.133. The molecule has 1 saturated heterocycles. The van der Waals surface area contributed by atoms with Crippen molar-refractivity contribution in [2.75, 3.05) is 46.4 Å². The summed E-state index contributed by atoms with van der Waals surface area (Å²) in [6, 6.07) is 18.1. The number of halogens is 1. The van der Waals surface area contributed by atoms with Crippen LogP contribution >= 0.6 is 11.6 Å². The molecule has 1 heterocycles. The summed E-state index contributed by atoms with van der Waals surface area (Å²) in [4.78, 5) is 17.3. The predicted molar refractivity (Wildman–Crippen MR) is 109 cm³/mol. The molecular formula is C22H27ClN2O2. The highest BCUT2D eigenvalue weighted by atomic mass is 35.5. The summed E-state index contributed by atoms with van der Waals surface area (Å²) in [6.45, 7) is 5.05. The highest BCUT2D eigenvalue weighted by Crippen LogP contribution is 2.29. The van der Waals surface area contributed by atoms with Gasteiger partial charge in [-0.05, 0) is 23.3 Å². The van der Waals surface area contributed by atoms with Crippen molar-refractivity contribution in [3.8, 4) is 0 Å². The second-order valence-corrected chi connectivity index (χ2v) is 7.37. The van der Waals surface area contributed by atoms with Gasteiger partial charge < -0.3 is 9.64 Å². The van der Waals surface area contributed by atoms with Crippen LogP contribution in [-0.2, 0) is 9.53 Å². The fourth-order valence-electron chi connectivity index (χ4n) is 3.55. The Balaban J connectivity index is 1.67. The molecule has 1 aliphatic heterocycles. The van der Waals surface area contributed by atoms with Crippen molar-refractivity contribution in [2.24, 2.45) is 0 Å². The Kier molecular flexibility index (Phi) is 7.27. The standard InChI is InChI=1S/C22H27ClN2O2/c1-27-16-15-24-11-13-25(14-12-24)22(26)17-21(18-5-3-2-4-6-18)19-7-9-20(23)10-8-19/h2-10,21H,11-17H2,1H3. The van der Waals surface area contributed by atoms with Crippen molar-refractivity contribution < 1.29 is 9.53 Å². The first-order valence-electron chi connectivity index (χ1n) is 9.47. The molecule has 1 aliphatic rings. The van der Waals surface area contributed by atoms with Gasteiger partial charge in [0, 0.05) is 57.2 Å². The van der Waals surface area contributed by atoms with Crippen LogP contribution in [0.25, 0.3) is 0 Å². The molecule has 0 N–H and O–H groups in total. The van der Waals surface area contributed by atoms with E-state index in [0.29, 0.717) is 11.4 Å². The maximum atomic E-state index is 13.0. The number of carbonyl (C=O) groups excluding carboxylic acids is 1. The Morgan fingerprint density at radius 1 is 1.00 bits per heavy atom. The van der Waals surface area contributed by atoms with E-state index in [9.17, 15) is 4.79 Å². The van der Waals surface area contributed by atoms with E-state index in [4.69, 9.17) is 16.3 Å². The quantitative estimate of drug-likeness (QED) is 0.728. The largest absolute Gasteiger partial charge is 0.383 e. The summed E-state index contributed by atoms with van der Waals surface area (Å²) in [5.74, 6) is 0.257. The number of methoxy groups -OCH3 is 1. The van der Waals surface area contributed by atoms with E-state index in [1.807, 2.05) is 47.4 Å². The Hall–Kier alpha value is -1.88. The van der Waals surface area contributed by atoms with Crippen molar-refractivity contribution >= 4 is 17.5 Å². The normalized spacial score (nSPS) is 16.3. The van der Waals surface area contributed by atoms with E-state index < -0.39 is 0 Å². The minimum absolute atomic E-state index is 0.0440. The molecule has 5 heteroatoms. The van der Waals surface area contributed by atoms with Gasteiger partial charge in [-0.15, -0.1) is 0 Å². The molecule has 0 saturated carbocycles. The van der Waals surface area contributed by atoms with Crippen molar-refractivity contribution in [1.82, 2.24) is 9.80 Å². The zero-order chi connectivity index (χ0) is 19.1. The van der Waals surface area contributed by atoms with E-state index in [2.05, 4.69) is 17.0 Å². The first-order chi connectivity index (χ1) is 13.2. The van der Waals surface area contributed by atoms with Crippen LogP contribution in [0, 0.1) is 0 Å². The summed E-state index contributed by atoms with van der Waals surface area (Å²) in [6.07, 6.45) is 0.476. The van der Waals surface area contributed by atoms with E-state index >= 15 is 0 Å². The Morgan fingerprint density at radius 3 is 2.26 bits per heavy atom. The Bertz CT molecular complexity index is 713. The van der Waals surface area contributed by atoms with E-state index in [0.717, 1.165) is 50.5 Å². The number of hydrogen-bond acceptors (Lipinski definition) is 3. The first-order valence-corrected chi connectivity index (χ1v) is 9.84. The maximum absolute atomic E-state index is 13.0. The van der Waals surface area contributed by atoms with Gasteiger partial charge in [0.05, 0.1) is 6.61 Å². The van der Waals surface area contributed by atoms with Crippen LogP contribution < -0.4 is 0 Å². The van der Waals surface area contributed by atoms with Crippen LogP contribution in [0.15, 0.2) is 54.6 Å². The van der Waals surface area contributed by atoms with E-state index in [1.54, 1.807) is 7.11 Å². The third-order valence-corrected chi connectivity index (χ3v) is 5.44. The summed E-state index contributed by atoms with van der Waals surface area (Å²) in [5.41, 5.74) is 2.28.